The number of phenolic OH excluding ortho intramolecular Hbond substituents is 1. The van der Waals surface area contributed by atoms with Gasteiger partial charge in [-0.1, -0.05) is 27.7 Å². The largest absolute Gasteiger partial charge is 0.508 e. The van der Waals surface area contributed by atoms with Gasteiger partial charge < -0.3 is 15.7 Å². The first kappa shape index (κ1) is 15.3. The average Bonchev–Trinajstić information content (AvgIpc) is 2.29. The van der Waals surface area contributed by atoms with Crippen molar-refractivity contribution < 1.29 is 9.90 Å². The number of carbonyl (C=O) groups excluding carboxylic acids is 1. The number of aromatic hydroxyl groups is 1. The van der Waals surface area contributed by atoms with Crippen molar-refractivity contribution in [1.29, 1.82) is 0 Å². The molecule has 0 aromatic heterocycles. The summed E-state index contributed by atoms with van der Waals surface area (Å²) >= 11 is 0. The molecule has 4 nitrogen and oxygen atoms in total. The first-order valence-electron chi connectivity index (χ1n) is 6.69. The lowest BCUT2D eigenvalue weighted by molar-refractivity contribution is 0.0716. The van der Waals surface area contributed by atoms with Crippen LogP contribution in [-0.2, 0) is 0 Å². The molecule has 0 radical (unpaired) electrons. The highest BCUT2D eigenvalue weighted by atomic mass is 16.3. The molecular formula is C15H24N2O2. The molecule has 0 bridgehead atoms. The Morgan fingerprint density at radius 3 is 2.21 bits per heavy atom. The van der Waals surface area contributed by atoms with E-state index in [-0.39, 0.29) is 11.7 Å². The topological polar surface area (TPSA) is 66.6 Å². The summed E-state index contributed by atoms with van der Waals surface area (Å²) in [5, 5.41) is 9.51. The summed E-state index contributed by atoms with van der Waals surface area (Å²) in [4.78, 5) is 14.3. The third-order valence-corrected chi connectivity index (χ3v) is 2.73. The van der Waals surface area contributed by atoms with E-state index < -0.39 is 0 Å². The van der Waals surface area contributed by atoms with E-state index in [4.69, 9.17) is 5.73 Å². The molecule has 0 saturated heterocycles. The molecule has 1 amide bonds. The van der Waals surface area contributed by atoms with Crippen LogP contribution in [0.15, 0.2) is 18.2 Å². The van der Waals surface area contributed by atoms with Crippen molar-refractivity contribution >= 4 is 11.6 Å². The van der Waals surface area contributed by atoms with E-state index in [0.717, 1.165) is 0 Å². The number of rotatable bonds is 5. The number of nitrogens with two attached hydrogens (primary N) is 1. The highest BCUT2D eigenvalue weighted by Crippen LogP contribution is 2.21. The van der Waals surface area contributed by atoms with E-state index >= 15 is 0 Å². The Morgan fingerprint density at radius 1 is 1.21 bits per heavy atom. The van der Waals surface area contributed by atoms with Gasteiger partial charge in [-0.05, 0) is 30.0 Å². The number of amides is 1. The van der Waals surface area contributed by atoms with Crippen LogP contribution < -0.4 is 5.73 Å². The van der Waals surface area contributed by atoms with Gasteiger partial charge in [-0.15, -0.1) is 0 Å². The zero-order valence-corrected chi connectivity index (χ0v) is 12.2. The zero-order chi connectivity index (χ0) is 14.6. The SMILES string of the molecule is CC(C)CN(CC(C)C)C(=O)c1cc(O)ccc1N. The maximum absolute atomic E-state index is 12.5. The third kappa shape index (κ3) is 4.47. The maximum atomic E-state index is 12.5. The van der Waals surface area contributed by atoms with E-state index in [0.29, 0.717) is 36.2 Å². The average molecular weight is 264 g/mol. The van der Waals surface area contributed by atoms with Crippen molar-refractivity contribution in [3.63, 3.8) is 0 Å². The number of nitrogen functional groups attached to an aromatic ring is 1. The maximum Gasteiger partial charge on any atom is 0.256 e. The Kier molecular flexibility index (Phi) is 5.21. The first-order valence-corrected chi connectivity index (χ1v) is 6.69. The number of hydrogen-bond acceptors (Lipinski definition) is 3. The Hall–Kier alpha value is -1.71. The van der Waals surface area contributed by atoms with Crippen molar-refractivity contribution in [3.05, 3.63) is 23.8 Å². The quantitative estimate of drug-likeness (QED) is 0.634. The summed E-state index contributed by atoms with van der Waals surface area (Å²) in [7, 11) is 0. The minimum Gasteiger partial charge on any atom is -0.508 e. The van der Waals surface area contributed by atoms with Gasteiger partial charge in [0.15, 0.2) is 0 Å². The smallest absolute Gasteiger partial charge is 0.256 e. The molecule has 0 aliphatic carbocycles. The van der Waals surface area contributed by atoms with Crippen LogP contribution in [0.1, 0.15) is 38.1 Å². The number of hydrogen-bond donors (Lipinski definition) is 2. The molecule has 19 heavy (non-hydrogen) atoms. The van der Waals surface area contributed by atoms with Crippen molar-refractivity contribution in [2.75, 3.05) is 18.8 Å². The second-order valence-corrected chi connectivity index (χ2v) is 5.77. The summed E-state index contributed by atoms with van der Waals surface area (Å²) in [6.45, 7) is 9.68. The molecular weight excluding hydrogens is 240 g/mol. The monoisotopic (exact) mass is 264 g/mol. The number of nitrogens with zero attached hydrogens (tertiary/aromatic N) is 1. The van der Waals surface area contributed by atoms with E-state index in [2.05, 4.69) is 27.7 Å². The second-order valence-electron chi connectivity index (χ2n) is 5.77. The number of phenols is 1. The van der Waals surface area contributed by atoms with Crippen molar-refractivity contribution in [3.8, 4) is 5.75 Å². The molecule has 0 aliphatic rings. The molecule has 1 rings (SSSR count). The van der Waals surface area contributed by atoms with E-state index in [1.807, 2.05) is 0 Å². The fourth-order valence-electron chi connectivity index (χ4n) is 2.02. The van der Waals surface area contributed by atoms with Crippen LogP contribution in [0.2, 0.25) is 0 Å². The predicted octanol–water partition coefficient (Wildman–Crippen LogP) is 2.73. The van der Waals surface area contributed by atoms with Crippen LogP contribution in [0.4, 0.5) is 5.69 Å². The summed E-state index contributed by atoms with van der Waals surface area (Å²) in [6.07, 6.45) is 0. The molecule has 0 aliphatic heterocycles. The fraction of sp³-hybridized carbons (Fsp3) is 0.533. The minimum absolute atomic E-state index is 0.0617. The normalized spacial score (nSPS) is 11.1. The van der Waals surface area contributed by atoms with Crippen LogP contribution in [0.25, 0.3) is 0 Å². The lowest BCUT2D eigenvalue weighted by Gasteiger charge is -2.27. The van der Waals surface area contributed by atoms with E-state index in [1.54, 1.807) is 11.0 Å². The summed E-state index contributed by atoms with van der Waals surface area (Å²) in [5.74, 6) is 0.727. The summed E-state index contributed by atoms with van der Waals surface area (Å²) in [5.41, 5.74) is 6.61. The lowest BCUT2D eigenvalue weighted by Crippen LogP contribution is -2.37. The van der Waals surface area contributed by atoms with Crippen molar-refractivity contribution in [2.45, 2.75) is 27.7 Å². The molecule has 0 saturated carbocycles. The van der Waals surface area contributed by atoms with Crippen LogP contribution in [0.5, 0.6) is 5.75 Å². The van der Waals surface area contributed by atoms with Gasteiger partial charge in [-0.3, -0.25) is 4.79 Å². The fourth-order valence-corrected chi connectivity index (χ4v) is 2.02. The van der Waals surface area contributed by atoms with Crippen LogP contribution >= 0.6 is 0 Å². The molecule has 106 valence electrons. The zero-order valence-electron chi connectivity index (χ0n) is 12.2. The van der Waals surface area contributed by atoms with Crippen molar-refractivity contribution in [1.82, 2.24) is 4.90 Å². The van der Waals surface area contributed by atoms with Gasteiger partial charge in [-0.25, -0.2) is 0 Å². The molecule has 1 aromatic carbocycles. The molecule has 0 fully saturated rings. The molecule has 0 unspecified atom stereocenters. The second kappa shape index (κ2) is 6.45. The molecule has 0 spiro atoms. The lowest BCUT2D eigenvalue weighted by atomic mass is 10.1. The Morgan fingerprint density at radius 2 is 1.74 bits per heavy atom. The van der Waals surface area contributed by atoms with Gasteiger partial charge in [0.1, 0.15) is 5.75 Å². The Labute approximate surface area is 115 Å². The van der Waals surface area contributed by atoms with Gasteiger partial charge >= 0.3 is 0 Å². The molecule has 4 heteroatoms. The third-order valence-electron chi connectivity index (χ3n) is 2.73. The van der Waals surface area contributed by atoms with Gasteiger partial charge in [0.25, 0.3) is 5.91 Å². The molecule has 1 aromatic rings. The number of benzene rings is 1. The number of carbonyl (C=O) groups is 1. The van der Waals surface area contributed by atoms with Gasteiger partial charge in [0, 0.05) is 18.8 Å². The summed E-state index contributed by atoms with van der Waals surface area (Å²) < 4.78 is 0. The van der Waals surface area contributed by atoms with Crippen LogP contribution in [0, 0.1) is 11.8 Å². The number of anilines is 1. The minimum atomic E-state index is -0.115. The highest BCUT2D eigenvalue weighted by Gasteiger charge is 2.20. The summed E-state index contributed by atoms with van der Waals surface area (Å²) in [6, 6.07) is 4.48. The molecule has 3 N–H and O–H groups in total. The highest BCUT2D eigenvalue weighted by molar-refractivity contribution is 5.99. The van der Waals surface area contributed by atoms with Crippen LogP contribution in [-0.4, -0.2) is 29.0 Å². The first-order chi connectivity index (χ1) is 8.81. The van der Waals surface area contributed by atoms with E-state index in [9.17, 15) is 9.90 Å². The molecule has 0 heterocycles. The molecule has 0 atom stereocenters. The Bertz CT molecular complexity index is 432. The van der Waals surface area contributed by atoms with Crippen LogP contribution in [0.3, 0.4) is 0 Å². The standard InChI is InChI=1S/C15H24N2O2/c1-10(2)8-17(9-11(3)4)15(19)13-7-12(18)5-6-14(13)16/h5-7,10-11,18H,8-9,16H2,1-4H3. The van der Waals surface area contributed by atoms with Gasteiger partial charge in [0.2, 0.25) is 0 Å². The predicted molar refractivity (Wildman–Crippen MR) is 78.1 cm³/mol. The Balaban J connectivity index is 3.00. The van der Waals surface area contributed by atoms with Gasteiger partial charge in [-0.2, -0.15) is 0 Å². The van der Waals surface area contributed by atoms with Gasteiger partial charge in [0.05, 0.1) is 5.56 Å². The van der Waals surface area contributed by atoms with Crippen molar-refractivity contribution in [2.24, 2.45) is 11.8 Å². The van der Waals surface area contributed by atoms with E-state index in [1.165, 1.54) is 12.1 Å².